The second-order valence-corrected chi connectivity index (χ2v) is 4.79. The Morgan fingerprint density at radius 1 is 1.39 bits per heavy atom. The lowest BCUT2D eigenvalue weighted by molar-refractivity contribution is 0.459. The van der Waals surface area contributed by atoms with Crippen LogP contribution in [0.4, 0.5) is 0 Å². The van der Waals surface area contributed by atoms with Crippen LogP contribution in [0.3, 0.4) is 0 Å². The predicted molar refractivity (Wildman–Crippen MR) is 72.2 cm³/mol. The van der Waals surface area contributed by atoms with E-state index in [4.69, 9.17) is 16.6 Å². The summed E-state index contributed by atoms with van der Waals surface area (Å²) in [7, 11) is 0. The Morgan fingerprint density at radius 3 is 2.94 bits per heavy atom. The Labute approximate surface area is 109 Å². The molecule has 2 heterocycles. The number of rotatable bonds is 2. The molecule has 5 heteroatoms. The summed E-state index contributed by atoms with van der Waals surface area (Å²) in [4.78, 5) is 7.41. The van der Waals surface area contributed by atoms with Crippen molar-refractivity contribution in [3.8, 4) is 0 Å². The maximum Gasteiger partial charge on any atom is 0.214 e. The number of nitrogens with one attached hydrogen (secondary N) is 1. The monoisotopic (exact) mass is 259 g/mol. The van der Waals surface area contributed by atoms with Crippen molar-refractivity contribution in [2.24, 2.45) is 0 Å². The number of fused-ring (bicyclic) bond motifs is 1. The smallest absolute Gasteiger partial charge is 0.214 e. The molecule has 0 saturated heterocycles. The third-order valence-electron chi connectivity index (χ3n) is 2.89. The van der Waals surface area contributed by atoms with Gasteiger partial charge in [0.1, 0.15) is 12.3 Å². The van der Waals surface area contributed by atoms with Gasteiger partial charge in [-0.3, -0.25) is 0 Å². The van der Waals surface area contributed by atoms with Crippen molar-refractivity contribution in [2.45, 2.75) is 20.4 Å². The quantitative estimate of drug-likeness (QED) is 0.718. The molecule has 0 spiro atoms. The van der Waals surface area contributed by atoms with Crippen LogP contribution in [0, 0.1) is 18.6 Å². The van der Waals surface area contributed by atoms with Gasteiger partial charge in [-0.1, -0.05) is 6.07 Å². The fourth-order valence-electron chi connectivity index (χ4n) is 2.04. The second-order valence-electron chi connectivity index (χ2n) is 4.40. The van der Waals surface area contributed by atoms with Crippen molar-refractivity contribution in [1.29, 1.82) is 0 Å². The lowest BCUT2D eigenvalue weighted by atomic mass is 10.2. The van der Waals surface area contributed by atoms with Crippen LogP contribution in [0.5, 0.6) is 0 Å². The van der Waals surface area contributed by atoms with Gasteiger partial charge >= 0.3 is 0 Å². The zero-order valence-electron chi connectivity index (χ0n) is 10.2. The van der Waals surface area contributed by atoms with Crippen LogP contribution in [0.1, 0.15) is 17.2 Å². The van der Waals surface area contributed by atoms with Crippen molar-refractivity contribution < 1.29 is 4.42 Å². The molecule has 0 amide bonds. The molecule has 0 aliphatic heterocycles. The van der Waals surface area contributed by atoms with Crippen molar-refractivity contribution in [1.82, 2.24) is 14.5 Å². The number of aryl methyl sites for hydroxylation is 2. The van der Waals surface area contributed by atoms with E-state index in [0.29, 0.717) is 17.2 Å². The van der Waals surface area contributed by atoms with Gasteiger partial charge in [0.05, 0.1) is 17.2 Å². The summed E-state index contributed by atoms with van der Waals surface area (Å²) < 4.78 is 8.17. The van der Waals surface area contributed by atoms with Crippen LogP contribution >= 0.6 is 12.2 Å². The highest BCUT2D eigenvalue weighted by atomic mass is 32.1. The molecule has 2 aromatic heterocycles. The van der Waals surface area contributed by atoms with Crippen LogP contribution in [-0.4, -0.2) is 14.5 Å². The predicted octanol–water partition coefficient (Wildman–Crippen LogP) is 3.35. The first-order valence-electron chi connectivity index (χ1n) is 5.74. The molecule has 1 N–H and O–H groups in total. The molecule has 4 nitrogen and oxygen atoms in total. The van der Waals surface area contributed by atoms with Gasteiger partial charge in [-0.15, -0.1) is 0 Å². The van der Waals surface area contributed by atoms with Crippen molar-refractivity contribution in [2.75, 3.05) is 0 Å². The minimum atomic E-state index is 0.551. The van der Waals surface area contributed by atoms with Gasteiger partial charge in [-0.2, -0.15) is 0 Å². The largest absolute Gasteiger partial charge is 0.444 e. The van der Waals surface area contributed by atoms with Crippen LogP contribution in [-0.2, 0) is 6.54 Å². The molecule has 0 atom stereocenters. The second kappa shape index (κ2) is 4.10. The zero-order valence-corrected chi connectivity index (χ0v) is 11.0. The third-order valence-corrected chi connectivity index (χ3v) is 3.21. The van der Waals surface area contributed by atoms with E-state index < -0.39 is 0 Å². The van der Waals surface area contributed by atoms with Gasteiger partial charge in [0, 0.05) is 0 Å². The van der Waals surface area contributed by atoms with E-state index in [2.05, 4.69) is 35.1 Å². The lowest BCUT2D eigenvalue weighted by Gasteiger charge is -2.01. The standard InChI is InChI=1S/C13H13N3OS/c1-8-3-4-11-10(5-8)15-13(18)16(11)7-12-14-6-9(2)17-12/h3-6H,7H2,1-2H3,(H,15,18). The molecular weight excluding hydrogens is 246 g/mol. The van der Waals surface area contributed by atoms with Crippen LogP contribution in [0.2, 0.25) is 0 Å². The molecule has 92 valence electrons. The van der Waals surface area contributed by atoms with E-state index in [1.807, 2.05) is 11.5 Å². The van der Waals surface area contributed by atoms with E-state index in [9.17, 15) is 0 Å². The number of oxazole rings is 1. The number of nitrogens with zero attached hydrogens (tertiary/aromatic N) is 2. The Hall–Kier alpha value is -1.88. The summed E-state index contributed by atoms with van der Waals surface area (Å²) >= 11 is 5.34. The zero-order chi connectivity index (χ0) is 12.7. The number of aromatic nitrogens is 3. The first-order chi connectivity index (χ1) is 8.63. The summed E-state index contributed by atoms with van der Waals surface area (Å²) in [6.45, 7) is 4.50. The Bertz CT molecular complexity index is 766. The normalized spacial score (nSPS) is 11.2. The number of hydrogen-bond donors (Lipinski definition) is 1. The van der Waals surface area contributed by atoms with Crippen LogP contribution in [0.25, 0.3) is 11.0 Å². The highest BCUT2D eigenvalue weighted by Crippen LogP contribution is 2.17. The lowest BCUT2D eigenvalue weighted by Crippen LogP contribution is -1.99. The van der Waals surface area contributed by atoms with Crippen molar-refractivity contribution in [3.05, 3.63) is 46.4 Å². The van der Waals surface area contributed by atoms with Crippen molar-refractivity contribution >= 4 is 23.3 Å². The molecule has 0 aliphatic rings. The maximum atomic E-state index is 5.49. The maximum absolute atomic E-state index is 5.49. The number of benzene rings is 1. The fraction of sp³-hybridized carbons (Fsp3) is 0.231. The molecule has 3 rings (SSSR count). The first-order valence-corrected chi connectivity index (χ1v) is 6.15. The number of imidazole rings is 1. The third kappa shape index (κ3) is 1.86. The van der Waals surface area contributed by atoms with E-state index in [-0.39, 0.29) is 0 Å². The van der Waals surface area contributed by atoms with Gasteiger partial charge in [0.15, 0.2) is 4.77 Å². The molecule has 3 aromatic rings. The topological polar surface area (TPSA) is 46.8 Å². The van der Waals surface area contributed by atoms with Crippen molar-refractivity contribution in [3.63, 3.8) is 0 Å². The summed E-state index contributed by atoms with van der Waals surface area (Å²) in [6.07, 6.45) is 1.72. The highest BCUT2D eigenvalue weighted by molar-refractivity contribution is 7.71. The molecule has 0 unspecified atom stereocenters. The Morgan fingerprint density at radius 2 is 2.22 bits per heavy atom. The van der Waals surface area contributed by atoms with E-state index in [1.165, 1.54) is 5.56 Å². The highest BCUT2D eigenvalue weighted by Gasteiger charge is 2.08. The van der Waals surface area contributed by atoms with Crippen LogP contribution in [0.15, 0.2) is 28.8 Å². The first kappa shape index (κ1) is 11.2. The van der Waals surface area contributed by atoms with E-state index >= 15 is 0 Å². The van der Waals surface area contributed by atoms with Gasteiger partial charge < -0.3 is 14.0 Å². The van der Waals surface area contributed by atoms with Gasteiger partial charge in [-0.05, 0) is 43.8 Å². The number of hydrogen-bond acceptors (Lipinski definition) is 3. The average Bonchev–Trinajstić information content (AvgIpc) is 2.84. The molecule has 0 aliphatic carbocycles. The van der Waals surface area contributed by atoms with E-state index in [0.717, 1.165) is 16.8 Å². The summed E-state index contributed by atoms with van der Waals surface area (Å²) in [5, 5.41) is 0. The SMILES string of the molecule is Cc1ccc2c(c1)[nH]c(=S)n2Cc1ncc(C)o1. The molecule has 0 bridgehead atoms. The summed E-state index contributed by atoms with van der Waals surface area (Å²) in [6, 6.07) is 6.22. The van der Waals surface area contributed by atoms with Crippen LogP contribution < -0.4 is 0 Å². The van der Waals surface area contributed by atoms with Gasteiger partial charge in [0.25, 0.3) is 0 Å². The number of H-pyrrole nitrogens is 1. The molecule has 18 heavy (non-hydrogen) atoms. The Balaban J connectivity index is 2.11. The van der Waals surface area contributed by atoms with Gasteiger partial charge in [-0.25, -0.2) is 4.98 Å². The minimum Gasteiger partial charge on any atom is -0.444 e. The molecule has 1 aromatic carbocycles. The molecule has 0 saturated carbocycles. The summed E-state index contributed by atoms with van der Waals surface area (Å²) in [5.41, 5.74) is 3.32. The van der Waals surface area contributed by atoms with E-state index in [1.54, 1.807) is 6.20 Å². The van der Waals surface area contributed by atoms with Gasteiger partial charge in [0.2, 0.25) is 5.89 Å². The molecule has 0 fully saturated rings. The Kier molecular flexibility index (Phi) is 2.56. The number of aromatic amines is 1. The summed E-state index contributed by atoms with van der Waals surface area (Å²) in [5.74, 6) is 1.48. The fourth-order valence-corrected chi connectivity index (χ4v) is 2.32. The average molecular weight is 259 g/mol. The molecule has 0 radical (unpaired) electrons. The minimum absolute atomic E-state index is 0.551. The molecular formula is C13H13N3OS.